The molecule has 1 atom stereocenters. The maximum absolute atomic E-state index is 12.9. The van der Waals surface area contributed by atoms with E-state index in [-0.39, 0.29) is 17.2 Å². The van der Waals surface area contributed by atoms with Gasteiger partial charge in [-0.2, -0.15) is 4.31 Å². The standard InChI is InChI=1S/C16H24N2O4S/c1-12-9-14(22-17-12)10-23(19,20)18-11-16(5-2-6-16)15(18)13-3-7-21-8-4-13/h9,13,15H,2-8,10-11H2,1H3. The number of ether oxygens (including phenoxy) is 1. The quantitative estimate of drug-likeness (QED) is 0.839. The van der Waals surface area contributed by atoms with Crippen LogP contribution in [-0.2, 0) is 20.5 Å². The molecule has 7 heteroatoms. The maximum atomic E-state index is 12.9. The molecule has 0 bridgehead atoms. The predicted molar refractivity (Wildman–Crippen MR) is 84.2 cm³/mol. The van der Waals surface area contributed by atoms with E-state index in [4.69, 9.17) is 9.26 Å². The van der Waals surface area contributed by atoms with Crippen molar-refractivity contribution in [2.24, 2.45) is 11.3 Å². The van der Waals surface area contributed by atoms with Gasteiger partial charge in [-0.15, -0.1) is 0 Å². The van der Waals surface area contributed by atoms with Crippen LogP contribution < -0.4 is 0 Å². The molecule has 4 rings (SSSR count). The zero-order valence-electron chi connectivity index (χ0n) is 13.5. The van der Waals surface area contributed by atoms with Crippen LogP contribution in [0.4, 0.5) is 0 Å². The molecule has 1 spiro atoms. The molecule has 0 aromatic carbocycles. The van der Waals surface area contributed by atoms with Crippen molar-refractivity contribution >= 4 is 10.0 Å². The van der Waals surface area contributed by atoms with Crippen molar-refractivity contribution in [3.8, 4) is 0 Å². The Hall–Kier alpha value is -0.920. The van der Waals surface area contributed by atoms with Crippen LogP contribution in [0.1, 0.15) is 43.6 Å². The first-order chi connectivity index (χ1) is 11.0. The predicted octanol–water partition coefficient (Wildman–Crippen LogP) is 2.09. The highest BCUT2D eigenvalue weighted by atomic mass is 32.2. The molecule has 0 amide bonds. The summed E-state index contributed by atoms with van der Waals surface area (Å²) in [6.07, 6.45) is 5.51. The molecule has 2 aliphatic heterocycles. The van der Waals surface area contributed by atoms with Gasteiger partial charge in [0.25, 0.3) is 0 Å². The number of hydrogen-bond acceptors (Lipinski definition) is 5. The topological polar surface area (TPSA) is 72.6 Å². The second-order valence-corrected chi connectivity index (χ2v) is 9.27. The molecule has 1 aromatic rings. The first-order valence-corrected chi connectivity index (χ1v) is 10.1. The van der Waals surface area contributed by atoms with Crippen LogP contribution in [0.15, 0.2) is 10.6 Å². The van der Waals surface area contributed by atoms with E-state index in [0.29, 0.717) is 18.2 Å². The van der Waals surface area contributed by atoms with Gasteiger partial charge in [-0.25, -0.2) is 8.42 Å². The molecule has 1 aliphatic carbocycles. The smallest absolute Gasteiger partial charge is 0.221 e. The molecule has 128 valence electrons. The fraction of sp³-hybridized carbons (Fsp3) is 0.812. The largest absolute Gasteiger partial charge is 0.381 e. The van der Waals surface area contributed by atoms with Gasteiger partial charge in [0.15, 0.2) is 5.76 Å². The van der Waals surface area contributed by atoms with Crippen molar-refractivity contribution in [2.45, 2.75) is 50.8 Å². The van der Waals surface area contributed by atoms with E-state index in [1.165, 1.54) is 19.3 Å². The number of aryl methyl sites for hydroxylation is 1. The van der Waals surface area contributed by atoms with E-state index in [1.807, 2.05) is 0 Å². The van der Waals surface area contributed by atoms with E-state index in [1.54, 1.807) is 17.3 Å². The summed E-state index contributed by atoms with van der Waals surface area (Å²) in [6.45, 7) is 4.00. The van der Waals surface area contributed by atoms with Gasteiger partial charge in [-0.1, -0.05) is 11.6 Å². The summed E-state index contributed by atoms with van der Waals surface area (Å²) in [5.41, 5.74) is 0.960. The van der Waals surface area contributed by atoms with Gasteiger partial charge in [0.05, 0.1) is 5.69 Å². The number of sulfonamides is 1. The van der Waals surface area contributed by atoms with E-state index >= 15 is 0 Å². The van der Waals surface area contributed by atoms with Crippen LogP contribution in [0, 0.1) is 18.3 Å². The van der Waals surface area contributed by atoms with Gasteiger partial charge < -0.3 is 9.26 Å². The lowest BCUT2D eigenvalue weighted by atomic mass is 9.55. The summed E-state index contributed by atoms with van der Waals surface area (Å²) in [4.78, 5) is 0. The first kappa shape index (κ1) is 15.6. The highest BCUT2D eigenvalue weighted by Crippen LogP contribution is 2.57. The third kappa shape index (κ3) is 2.62. The Morgan fingerprint density at radius 1 is 1.35 bits per heavy atom. The molecule has 1 aromatic heterocycles. The van der Waals surface area contributed by atoms with Gasteiger partial charge in [0.1, 0.15) is 5.75 Å². The lowest BCUT2D eigenvalue weighted by Crippen LogP contribution is -2.71. The number of nitrogens with zero attached hydrogens (tertiary/aromatic N) is 2. The molecular formula is C16H24N2O4S. The van der Waals surface area contributed by atoms with Crippen molar-refractivity contribution in [1.82, 2.24) is 9.46 Å². The summed E-state index contributed by atoms with van der Waals surface area (Å²) in [6, 6.07) is 1.87. The lowest BCUT2D eigenvalue weighted by molar-refractivity contribution is -0.120. The van der Waals surface area contributed by atoms with Crippen LogP contribution in [0.25, 0.3) is 0 Å². The summed E-state index contributed by atoms with van der Waals surface area (Å²) < 4.78 is 38.1. The van der Waals surface area contributed by atoms with E-state index in [9.17, 15) is 8.42 Å². The minimum atomic E-state index is -3.35. The molecule has 1 unspecified atom stereocenters. The Balaban J connectivity index is 1.54. The molecular weight excluding hydrogens is 316 g/mol. The van der Waals surface area contributed by atoms with Crippen molar-refractivity contribution in [3.63, 3.8) is 0 Å². The molecule has 23 heavy (non-hydrogen) atoms. The fourth-order valence-electron chi connectivity index (χ4n) is 4.57. The van der Waals surface area contributed by atoms with Crippen LogP contribution in [0.5, 0.6) is 0 Å². The molecule has 0 radical (unpaired) electrons. The minimum absolute atomic E-state index is 0.0797. The Labute approximate surface area is 137 Å². The monoisotopic (exact) mass is 340 g/mol. The Bertz CT molecular complexity index is 674. The van der Waals surface area contributed by atoms with Gasteiger partial charge in [-0.3, -0.25) is 0 Å². The Morgan fingerprint density at radius 2 is 2.09 bits per heavy atom. The van der Waals surface area contributed by atoms with Gasteiger partial charge >= 0.3 is 0 Å². The molecule has 1 saturated carbocycles. The van der Waals surface area contributed by atoms with Crippen LogP contribution in [-0.4, -0.2) is 43.7 Å². The average Bonchev–Trinajstić information content (AvgIpc) is 2.81. The van der Waals surface area contributed by atoms with E-state index in [2.05, 4.69) is 5.16 Å². The Morgan fingerprint density at radius 3 is 2.65 bits per heavy atom. The third-order valence-electron chi connectivity index (χ3n) is 5.83. The van der Waals surface area contributed by atoms with Crippen LogP contribution in [0.3, 0.4) is 0 Å². The van der Waals surface area contributed by atoms with Crippen LogP contribution in [0.2, 0.25) is 0 Å². The molecule has 2 saturated heterocycles. The van der Waals surface area contributed by atoms with Crippen molar-refractivity contribution in [3.05, 3.63) is 17.5 Å². The summed E-state index contributed by atoms with van der Waals surface area (Å²) in [7, 11) is -3.35. The molecule has 3 heterocycles. The van der Waals surface area contributed by atoms with Gasteiger partial charge in [-0.05, 0) is 38.5 Å². The normalized spacial score (nSPS) is 28.5. The SMILES string of the molecule is Cc1cc(CS(=O)(=O)N2CC3(CCC3)C2C2CCOCC2)on1. The second kappa shape index (κ2) is 5.57. The highest BCUT2D eigenvalue weighted by molar-refractivity contribution is 7.88. The zero-order chi connectivity index (χ0) is 16.1. The Kier molecular flexibility index (Phi) is 3.77. The van der Waals surface area contributed by atoms with Gasteiger partial charge in [0, 0.05) is 37.3 Å². The highest BCUT2D eigenvalue weighted by Gasteiger charge is 2.61. The molecule has 6 nitrogen and oxygen atoms in total. The summed E-state index contributed by atoms with van der Waals surface area (Å²) >= 11 is 0. The summed E-state index contributed by atoms with van der Waals surface area (Å²) in [5, 5.41) is 3.79. The molecule has 3 fully saturated rings. The second-order valence-electron chi connectivity index (χ2n) is 7.35. The third-order valence-corrected chi connectivity index (χ3v) is 7.55. The molecule has 3 aliphatic rings. The maximum Gasteiger partial charge on any atom is 0.221 e. The summed E-state index contributed by atoms with van der Waals surface area (Å²) in [5.74, 6) is 0.788. The first-order valence-electron chi connectivity index (χ1n) is 8.50. The van der Waals surface area contributed by atoms with Gasteiger partial charge in [0.2, 0.25) is 10.0 Å². The van der Waals surface area contributed by atoms with E-state index < -0.39 is 10.0 Å². The van der Waals surface area contributed by atoms with Crippen LogP contribution >= 0.6 is 0 Å². The van der Waals surface area contributed by atoms with E-state index in [0.717, 1.165) is 31.7 Å². The number of hydrogen-bond donors (Lipinski definition) is 0. The minimum Gasteiger partial charge on any atom is -0.381 e. The van der Waals surface area contributed by atoms with Crippen molar-refractivity contribution < 1.29 is 17.7 Å². The molecule has 0 N–H and O–H groups in total. The van der Waals surface area contributed by atoms with Crippen molar-refractivity contribution in [2.75, 3.05) is 19.8 Å². The number of rotatable bonds is 4. The zero-order valence-corrected chi connectivity index (χ0v) is 14.3. The average molecular weight is 340 g/mol. The van der Waals surface area contributed by atoms with Crippen molar-refractivity contribution in [1.29, 1.82) is 0 Å². The lowest BCUT2D eigenvalue weighted by Gasteiger charge is -2.64. The fourth-order valence-corrected chi connectivity index (χ4v) is 6.42. The number of aromatic nitrogens is 1.